The Bertz CT molecular complexity index is 3280. The number of phenolic OH excluding ortho intramolecular Hbond substituents is 3. The zero-order valence-corrected chi connectivity index (χ0v) is 51.4. The number of hydrogen-bond donors (Lipinski definition) is 5. The maximum absolute atomic E-state index is 10.2. The number of nitrogens with two attached hydrogens (primary N) is 1. The number of anilines is 6. The van der Waals surface area contributed by atoms with E-state index in [1.807, 2.05) is 30.3 Å². The van der Waals surface area contributed by atoms with E-state index in [2.05, 4.69) is 164 Å². The summed E-state index contributed by atoms with van der Waals surface area (Å²) in [5.41, 5.74) is 22.9. The molecule has 3 saturated heterocycles. The molecule has 6 bridgehead atoms. The molecule has 444 valence electrons. The predicted molar refractivity (Wildman–Crippen MR) is 349 cm³/mol. The first kappa shape index (κ1) is 56.6. The number of benzene rings is 6. The third-order valence-electron chi connectivity index (χ3n) is 22.9. The summed E-state index contributed by atoms with van der Waals surface area (Å²) < 4.78 is 0. The first-order valence-corrected chi connectivity index (χ1v) is 33.0. The molecule has 3 aliphatic heterocycles. The van der Waals surface area contributed by atoms with Gasteiger partial charge in [-0.3, -0.25) is 0 Å². The third-order valence-corrected chi connectivity index (χ3v) is 22.9. The van der Waals surface area contributed by atoms with Gasteiger partial charge in [0.2, 0.25) is 0 Å². The molecule has 6 aromatic carbocycles. The molecule has 6 aliphatic carbocycles. The molecule has 0 unspecified atom stereocenters. The van der Waals surface area contributed by atoms with Gasteiger partial charge in [-0.15, -0.1) is 0 Å². The number of nitrogens with one attached hydrogen (secondary N) is 1. The normalized spacial score (nSPS) is 28.7. The number of rotatable bonds is 8. The van der Waals surface area contributed by atoms with Gasteiger partial charge in [0.05, 0.1) is 0 Å². The Hall–Kier alpha value is -6.48. The molecule has 84 heavy (non-hydrogen) atoms. The van der Waals surface area contributed by atoms with Crippen LogP contribution >= 0.6 is 0 Å². The van der Waals surface area contributed by atoms with Crippen LogP contribution in [0.15, 0.2) is 127 Å². The number of piperidine rings is 3. The Morgan fingerprint density at radius 2 is 0.786 bits per heavy atom. The molecule has 3 saturated carbocycles. The first-order valence-electron chi connectivity index (χ1n) is 33.0. The lowest BCUT2D eigenvalue weighted by atomic mass is 9.52. The van der Waals surface area contributed by atoms with E-state index in [1.54, 1.807) is 0 Å². The van der Waals surface area contributed by atoms with Gasteiger partial charge < -0.3 is 46.0 Å². The number of nitrogen functional groups attached to an aromatic ring is 1. The Balaban J connectivity index is 0.000000118. The van der Waals surface area contributed by atoms with Crippen molar-refractivity contribution in [1.29, 1.82) is 0 Å². The van der Waals surface area contributed by atoms with Crippen LogP contribution in [0, 0.1) is 17.8 Å². The highest BCUT2D eigenvalue weighted by atomic mass is 16.3. The van der Waals surface area contributed by atoms with E-state index in [4.69, 9.17) is 5.73 Å². The van der Waals surface area contributed by atoms with Crippen LogP contribution in [-0.4, -0.2) is 71.2 Å². The van der Waals surface area contributed by atoms with Crippen LogP contribution in [0.4, 0.5) is 34.1 Å². The second kappa shape index (κ2) is 22.7. The molecule has 9 heteroatoms. The van der Waals surface area contributed by atoms with Crippen molar-refractivity contribution in [3.63, 3.8) is 0 Å². The van der Waals surface area contributed by atoms with Crippen LogP contribution in [0.1, 0.15) is 171 Å². The fourth-order valence-electron chi connectivity index (χ4n) is 19.7. The van der Waals surface area contributed by atoms with Crippen molar-refractivity contribution < 1.29 is 15.3 Å². The lowest BCUT2D eigenvalue weighted by Crippen LogP contribution is -2.61. The van der Waals surface area contributed by atoms with E-state index in [0.29, 0.717) is 71.3 Å². The van der Waals surface area contributed by atoms with Gasteiger partial charge in [-0.25, -0.2) is 0 Å². The molecular weight excluding hydrogens is 1030 g/mol. The fourth-order valence-corrected chi connectivity index (χ4v) is 19.7. The topological polar surface area (TPSA) is 112 Å². The summed E-state index contributed by atoms with van der Waals surface area (Å²) in [7, 11) is 0. The summed E-state index contributed by atoms with van der Waals surface area (Å²) in [4.78, 5) is 10.5. The molecule has 0 aromatic heterocycles. The molecule has 3 heterocycles. The molecule has 0 amide bonds. The van der Waals surface area contributed by atoms with Crippen LogP contribution in [0.25, 0.3) is 0 Å². The first-order chi connectivity index (χ1) is 40.6. The van der Waals surface area contributed by atoms with E-state index >= 15 is 0 Å². The molecule has 6 N–H and O–H groups in total. The molecule has 0 radical (unpaired) electrons. The van der Waals surface area contributed by atoms with Gasteiger partial charge in [-0.1, -0.05) is 56.7 Å². The number of hydrogen-bond acceptors (Lipinski definition) is 9. The summed E-state index contributed by atoms with van der Waals surface area (Å²) in [6.07, 6.45) is 22.7. The quantitative estimate of drug-likeness (QED) is 0.0952. The zero-order valence-electron chi connectivity index (χ0n) is 51.4. The van der Waals surface area contributed by atoms with Crippen LogP contribution in [-0.2, 0) is 35.5 Å². The number of fused-ring (bicyclic) bond motifs is 3. The Kier molecular flexibility index (Phi) is 15.3. The highest BCUT2D eigenvalue weighted by Gasteiger charge is 2.57. The molecule has 15 rings (SSSR count). The average Bonchev–Trinajstić information content (AvgIpc) is 1.02. The summed E-state index contributed by atoms with van der Waals surface area (Å²) in [6.45, 7) is 16.8. The van der Waals surface area contributed by atoms with Crippen LogP contribution in [0.2, 0.25) is 0 Å². The third kappa shape index (κ3) is 10.0. The van der Waals surface area contributed by atoms with Gasteiger partial charge in [0.1, 0.15) is 17.2 Å². The minimum Gasteiger partial charge on any atom is -0.508 e. The largest absolute Gasteiger partial charge is 0.508 e. The minimum atomic E-state index is 0.276. The second-order valence-corrected chi connectivity index (χ2v) is 28.2. The molecule has 6 fully saturated rings. The maximum atomic E-state index is 10.2. The van der Waals surface area contributed by atoms with E-state index < -0.39 is 0 Å². The van der Waals surface area contributed by atoms with Crippen molar-refractivity contribution in [2.45, 2.75) is 210 Å². The van der Waals surface area contributed by atoms with Gasteiger partial charge >= 0.3 is 0 Å². The van der Waals surface area contributed by atoms with E-state index in [9.17, 15) is 15.3 Å². The van der Waals surface area contributed by atoms with E-state index in [1.165, 1.54) is 158 Å². The summed E-state index contributed by atoms with van der Waals surface area (Å²) >= 11 is 0. The van der Waals surface area contributed by atoms with E-state index in [-0.39, 0.29) is 16.2 Å². The highest BCUT2D eigenvalue weighted by Crippen LogP contribution is 2.60. The molecule has 6 aromatic rings. The smallest absolute Gasteiger partial charge is 0.115 e. The minimum absolute atomic E-state index is 0.276. The van der Waals surface area contributed by atoms with Crippen LogP contribution in [0.3, 0.4) is 0 Å². The van der Waals surface area contributed by atoms with E-state index in [0.717, 1.165) is 44.6 Å². The summed E-state index contributed by atoms with van der Waals surface area (Å²) in [5.74, 6) is 3.41. The lowest BCUT2D eigenvalue weighted by Gasteiger charge is -2.59. The van der Waals surface area contributed by atoms with Crippen molar-refractivity contribution in [2.24, 2.45) is 17.8 Å². The molecule has 9 aliphatic rings. The van der Waals surface area contributed by atoms with Crippen LogP contribution in [0.5, 0.6) is 17.2 Å². The van der Waals surface area contributed by atoms with Crippen molar-refractivity contribution >= 4 is 34.1 Å². The molecule has 0 spiro atoms. The van der Waals surface area contributed by atoms with Gasteiger partial charge in [-0.2, -0.15) is 0 Å². The van der Waals surface area contributed by atoms with Gasteiger partial charge in [0.15, 0.2) is 0 Å². The highest BCUT2D eigenvalue weighted by molar-refractivity contribution is 5.62. The standard InChI is InChI=1S/C28H38N2O.C25H32N2O.C22H26N2O/c1-19(2)30(20(3)4)23-11-9-22(10-12-23)29-16-15-28-14-6-5-7-25(28)27(29)17-21-8-13-24(31)18-26(21)28;1-17(2)26-19-7-9-20(10-8-19)27-14-13-25-12-4-3-5-22(25)24(27)15-18-6-11-21(28)16-23(18)25;23-16-5-7-17(8-6-16)24-12-11-22-10-2-1-3-19(22)21(24)13-15-4-9-18(25)14-20(15)22/h8-13,18-20,25,27,31H,5-7,14-17H2,1-4H3;6-11,16-17,22,24,26,28H,3-5,12-15H2,1-2H3;4-9,14,19,21,25H,1-3,10-13,23H2/t25-,27+,28+;22-,24+,25+;19-,21+,22+/m111/s1. The maximum Gasteiger partial charge on any atom is 0.115 e. The Morgan fingerprint density at radius 3 is 1.13 bits per heavy atom. The van der Waals surface area contributed by atoms with Gasteiger partial charge in [0, 0.05) is 106 Å². The zero-order chi connectivity index (χ0) is 58.1. The summed E-state index contributed by atoms with van der Waals surface area (Å²) in [5, 5.41) is 34.0. The van der Waals surface area contributed by atoms with Crippen molar-refractivity contribution in [3.05, 3.63) is 161 Å². The molecular formula is C75H96N6O3. The Labute approximate surface area is 502 Å². The predicted octanol–water partition coefficient (Wildman–Crippen LogP) is 16.0. The average molecular weight is 1130 g/mol. The van der Waals surface area contributed by atoms with Crippen molar-refractivity contribution in [2.75, 3.05) is 50.3 Å². The summed E-state index contributed by atoms with van der Waals surface area (Å²) in [6, 6.07) is 48.4. The molecule has 9 atom stereocenters. The number of phenols is 3. The fraction of sp³-hybridized carbons (Fsp3) is 0.520. The Morgan fingerprint density at radius 1 is 0.440 bits per heavy atom. The van der Waals surface area contributed by atoms with Crippen molar-refractivity contribution in [3.8, 4) is 17.2 Å². The molecule has 9 nitrogen and oxygen atoms in total. The van der Waals surface area contributed by atoms with Gasteiger partial charge in [0.25, 0.3) is 0 Å². The van der Waals surface area contributed by atoms with Crippen LogP contribution < -0.4 is 30.7 Å². The lowest BCUT2D eigenvalue weighted by molar-refractivity contribution is 0.0983. The van der Waals surface area contributed by atoms with Gasteiger partial charge in [-0.05, 0) is 279 Å². The second-order valence-electron chi connectivity index (χ2n) is 28.2. The number of nitrogens with zero attached hydrogens (tertiary/aromatic N) is 4. The number of aromatic hydroxyl groups is 3. The SMILES string of the molecule is CC(C)N(c1ccc(N2CC[C@@]34CCCC[C@@H]3[C@@H]2Cc2ccc(O)cc24)cc1)C(C)C.CC(C)Nc1ccc(N2CC[C@@]34CCCC[C@@H]3[C@@H]2Cc2ccc(O)cc24)cc1.Nc1ccc(N2CC[C@@]34CCCC[C@@H]3[C@@H]2Cc2ccc(O)cc24)cc1. The monoisotopic (exact) mass is 1130 g/mol. The van der Waals surface area contributed by atoms with Crippen molar-refractivity contribution in [1.82, 2.24) is 0 Å².